The third-order valence-electron chi connectivity index (χ3n) is 3.39. The second-order valence-corrected chi connectivity index (χ2v) is 5.15. The van der Waals surface area contributed by atoms with E-state index >= 15 is 0 Å². The van der Waals surface area contributed by atoms with E-state index < -0.39 is 5.82 Å². The predicted molar refractivity (Wildman–Crippen MR) is 81.9 cm³/mol. The van der Waals surface area contributed by atoms with Crippen molar-refractivity contribution in [1.82, 2.24) is 4.90 Å². The fourth-order valence-corrected chi connectivity index (χ4v) is 2.14. The second-order valence-electron chi connectivity index (χ2n) is 5.15. The Labute approximate surface area is 128 Å². The molecule has 0 saturated carbocycles. The highest BCUT2D eigenvalue weighted by atomic mass is 19.1. The van der Waals surface area contributed by atoms with E-state index in [0.717, 1.165) is 5.56 Å². The van der Waals surface area contributed by atoms with Crippen molar-refractivity contribution in [2.75, 3.05) is 21.2 Å². The van der Waals surface area contributed by atoms with Gasteiger partial charge in [0.25, 0.3) is 5.91 Å². The fraction of sp³-hybridized carbons (Fsp3) is 0.235. The molecule has 0 spiro atoms. The topological polar surface area (TPSA) is 49.8 Å². The smallest absolute Gasteiger partial charge is 0.253 e. The number of amides is 1. The van der Waals surface area contributed by atoms with Crippen LogP contribution in [-0.4, -0.2) is 37.1 Å². The van der Waals surface area contributed by atoms with Crippen molar-refractivity contribution in [3.05, 3.63) is 58.9 Å². The molecule has 0 aromatic heterocycles. The lowest BCUT2D eigenvalue weighted by molar-refractivity contribution is 0.0827. The van der Waals surface area contributed by atoms with E-state index in [2.05, 4.69) is 0 Å². The fourth-order valence-electron chi connectivity index (χ4n) is 2.14. The van der Waals surface area contributed by atoms with Crippen LogP contribution in [-0.2, 0) is 6.42 Å². The zero-order valence-corrected chi connectivity index (χ0v) is 12.8. The molecule has 116 valence electrons. The number of carbonyl (C=O) groups is 1. The molecule has 0 aliphatic rings. The molecule has 22 heavy (non-hydrogen) atoms. The molecule has 0 radical (unpaired) electrons. The van der Waals surface area contributed by atoms with Gasteiger partial charge in [-0.25, -0.2) is 4.39 Å². The summed E-state index contributed by atoms with van der Waals surface area (Å²) in [4.78, 5) is 13.3. The molecule has 2 rings (SSSR count). The number of phenolic OH excluding ortho intramolecular Hbond substituents is 1. The third kappa shape index (κ3) is 3.19. The van der Waals surface area contributed by atoms with Crippen LogP contribution in [0.15, 0.2) is 36.4 Å². The third-order valence-corrected chi connectivity index (χ3v) is 3.39. The molecule has 0 aliphatic heterocycles. The highest BCUT2D eigenvalue weighted by molar-refractivity contribution is 5.93. The van der Waals surface area contributed by atoms with Crippen LogP contribution in [0.25, 0.3) is 0 Å². The number of methoxy groups -OCH3 is 1. The second kappa shape index (κ2) is 6.47. The summed E-state index contributed by atoms with van der Waals surface area (Å²) >= 11 is 0. The summed E-state index contributed by atoms with van der Waals surface area (Å²) in [6.07, 6.45) is 0.214. The van der Waals surface area contributed by atoms with Gasteiger partial charge in [-0.3, -0.25) is 4.79 Å². The average molecular weight is 303 g/mol. The lowest BCUT2D eigenvalue weighted by Gasteiger charge is -2.12. The average Bonchev–Trinajstić information content (AvgIpc) is 2.51. The van der Waals surface area contributed by atoms with E-state index in [0.29, 0.717) is 5.56 Å². The minimum absolute atomic E-state index is 0.0900. The van der Waals surface area contributed by atoms with Crippen LogP contribution >= 0.6 is 0 Å². The summed E-state index contributed by atoms with van der Waals surface area (Å²) in [5, 5.41) is 9.83. The Hall–Kier alpha value is -2.56. The van der Waals surface area contributed by atoms with Crippen LogP contribution in [0.2, 0.25) is 0 Å². The Bertz CT molecular complexity index is 681. The number of phenols is 1. The zero-order chi connectivity index (χ0) is 16.3. The Balaban J connectivity index is 2.27. The van der Waals surface area contributed by atoms with Crippen LogP contribution in [0.4, 0.5) is 4.39 Å². The molecule has 0 bridgehead atoms. The van der Waals surface area contributed by atoms with Gasteiger partial charge in [-0.2, -0.15) is 0 Å². The van der Waals surface area contributed by atoms with Crippen molar-refractivity contribution in [3.8, 4) is 11.5 Å². The van der Waals surface area contributed by atoms with Crippen molar-refractivity contribution in [2.24, 2.45) is 0 Å². The monoisotopic (exact) mass is 303 g/mol. The first-order valence-corrected chi connectivity index (χ1v) is 6.79. The molecular weight excluding hydrogens is 285 g/mol. The molecule has 0 heterocycles. The van der Waals surface area contributed by atoms with Gasteiger partial charge in [-0.05, 0) is 29.8 Å². The summed E-state index contributed by atoms with van der Waals surface area (Å²) in [7, 11) is 4.74. The largest absolute Gasteiger partial charge is 0.508 e. The van der Waals surface area contributed by atoms with Crippen molar-refractivity contribution in [3.63, 3.8) is 0 Å². The van der Waals surface area contributed by atoms with Gasteiger partial charge in [-0.1, -0.05) is 12.1 Å². The Morgan fingerprint density at radius 3 is 2.36 bits per heavy atom. The first-order valence-electron chi connectivity index (χ1n) is 6.79. The molecule has 0 fully saturated rings. The quantitative estimate of drug-likeness (QED) is 0.945. The maximum atomic E-state index is 14.2. The van der Waals surface area contributed by atoms with Gasteiger partial charge in [0.15, 0.2) is 11.6 Å². The molecular formula is C17H18FNO3. The van der Waals surface area contributed by atoms with Crippen molar-refractivity contribution in [1.29, 1.82) is 0 Å². The molecule has 2 aromatic carbocycles. The summed E-state index contributed by atoms with van der Waals surface area (Å²) < 4.78 is 19.1. The van der Waals surface area contributed by atoms with Crippen LogP contribution in [0.1, 0.15) is 21.5 Å². The standard InChI is InChI=1S/C17H18FNO3/c1-19(2)17(21)12-6-4-11(5-7-12)10-13-14(20)8-9-15(22-3)16(13)18/h4-9,20H,10H2,1-3H3. The lowest BCUT2D eigenvalue weighted by Crippen LogP contribution is -2.21. The van der Waals surface area contributed by atoms with E-state index in [9.17, 15) is 14.3 Å². The molecule has 5 heteroatoms. The Morgan fingerprint density at radius 1 is 1.18 bits per heavy atom. The van der Waals surface area contributed by atoms with Crippen LogP contribution in [0, 0.1) is 5.82 Å². The summed E-state index contributed by atoms with van der Waals surface area (Å²) in [5.74, 6) is -0.697. The van der Waals surface area contributed by atoms with Gasteiger partial charge < -0.3 is 14.7 Å². The molecule has 0 atom stereocenters. The summed E-state index contributed by atoms with van der Waals surface area (Å²) in [6.45, 7) is 0. The van der Waals surface area contributed by atoms with Gasteiger partial charge in [0.2, 0.25) is 0 Å². The normalized spacial score (nSPS) is 10.4. The number of benzene rings is 2. The van der Waals surface area contributed by atoms with E-state index in [4.69, 9.17) is 4.74 Å². The lowest BCUT2D eigenvalue weighted by atomic mass is 10.0. The maximum absolute atomic E-state index is 14.2. The summed E-state index contributed by atoms with van der Waals surface area (Å²) in [5.41, 5.74) is 1.52. The van der Waals surface area contributed by atoms with Crippen LogP contribution in [0.5, 0.6) is 11.5 Å². The van der Waals surface area contributed by atoms with Crippen LogP contribution < -0.4 is 4.74 Å². The highest BCUT2D eigenvalue weighted by Gasteiger charge is 2.15. The van der Waals surface area contributed by atoms with Gasteiger partial charge in [0.1, 0.15) is 5.75 Å². The van der Waals surface area contributed by atoms with Crippen molar-refractivity contribution < 1.29 is 19.0 Å². The number of ether oxygens (including phenoxy) is 1. The van der Waals surface area contributed by atoms with E-state index in [-0.39, 0.29) is 29.4 Å². The number of aromatic hydroxyl groups is 1. The molecule has 0 saturated heterocycles. The first-order chi connectivity index (χ1) is 10.4. The number of halogens is 1. The zero-order valence-electron chi connectivity index (χ0n) is 12.8. The Morgan fingerprint density at radius 2 is 1.82 bits per heavy atom. The predicted octanol–water partition coefficient (Wildman–Crippen LogP) is 2.83. The number of hydrogen-bond acceptors (Lipinski definition) is 3. The molecule has 0 aliphatic carbocycles. The summed E-state index contributed by atoms with van der Waals surface area (Å²) in [6, 6.07) is 9.65. The van der Waals surface area contributed by atoms with Gasteiger partial charge in [0.05, 0.1) is 7.11 Å². The van der Waals surface area contributed by atoms with E-state index in [1.807, 2.05) is 0 Å². The maximum Gasteiger partial charge on any atom is 0.253 e. The molecule has 1 amide bonds. The number of hydrogen-bond donors (Lipinski definition) is 1. The highest BCUT2D eigenvalue weighted by Crippen LogP contribution is 2.30. The van der Waals surface area contributed by atoms with Gasteiger partial charge >= 0.3 is 0 Å². The minimum Gasteiger partial charge on any atom is -0.508 e. The number of nitrogens with zero attached hydrogens (tertiary/aromatic N) is 1. The molecule has 0 unspecified atom stereocenters. The van der Waals surface area contributed by atoms with E-state index in [1.54, 1.807) is 38.4 Å². The number of rotatable bonds is 4. The Kier molecular flexibility index (Phi) is 4.65. The van der Waals surface area contributed by atoms with Crippen LogP contribution in [0.3, 0.4) is 0 Å². The van der Waals surface area contributed by atoms with Crippen molar-refractivity contribution >= 4 is 5.91 Å². The first kappa shape index (κ1) is 15.8. The van der Waals surface area contributed by atoms with Crippen molar-refractivity contribution in [2.45, 2.75) is 6.42 Å². The molecule has 2 aromatic rings. The van der Waals surface area contributed by atoms with Gasteiger partial charge in [-0.15, -0.1) is 0 Å². The number of carbonyl (C=O) groups excluding carboxylic acids is 1. The van der Waals surface area contributed by atoms with Gasteiger partial charge in [0, 0.05) is 31.6 Å². The molecule has 1 N–H and O–H groups in total. The SMILES string of the molecule is COc1ccc(O)c(Cc2ccc(C(=O)N(C)C)cc2)c1F. The molecule has 4 nitrogen and oxygen atoms in total. The minimum atomic E-state index is -0.573. The van der Waals surface area contributed by atoms with E-state index in [1.165, 1.54) is 24.1 Å².